The molecule has 0 saturated heterocycles. The Kier molecular flexibility index (Phi) is 1.71. The zero-order valence-corrected chi connectivity index (χ0v) is 7.98. The Morgan fingerprint density at radius 1 is 1.62 bits per heavy atom. The second-order valence-electron chi connectivity index (χ2n) is 2.48. The van der Waals surface area contributed by atoms with Crippen LogP contribution in [0, 0.1) is 6.57 Å². The van der Waals surface area contributed by atoms with Crippen LogP contribution in [0.15, 0.2) is 22.9 Å². The molecule has 0 aliphatic rings. The third-order valence-corrected chi connectivity index (χ3v) is 2.09. The number of halogens is 1. The molecule has 0 atom stereocenters. The maximum Gasteiger partial charge on any atom is 0.235 e. The number of fused-ring (bicyclic) bond motifs is 1. The molecule has 0 aromatic carbocycles. The van der Waals surface area contributed by atoms with Crippen LogP contribution in [0.3, 0.4) is 0 Å². The Labute approximate surface area is 82.4 Å². The van der Waals surface area contributed by atoms with E-state index in [0.29, 0.717) is 11.2 Å². The van der Waals surface area contributed by atoms with Crippen molar-refractivity contribution in [3.8, 4) is 5.75 Å². The second kappa shape index (κ2) is 2.75. The van der Waals surface area contributed by atoms with Crippen LogP contribution in [0.25, 0.3) is 10.4 Å². The SMILES string of the molecule is [C-]#[N+]c1cnn2cc(Br)cc(O)c12. The summed E-state index contributed by atoms with van der Waals surface area (Å²) in [5.74, 6) is 0.0536. The molecular weight excluding hydrogens is 234 g/mol. The van der Waals surface area contributed by atoms with E-state index in [2.05, 4.69) is 25.9 Å². The first-order chi connectivity index (χ1) is 6.22. The smallest absolute Gasteiger partial charge is 0.235 e. The zero-order chi connectivity index (χ0) is 9.42. The number of hydrogen-bond acceptors (Lipinski definition) is 2. The fraction of sp³-hybridized carbons (Fsp3) is 0. The van der Waals surface area contributed by atoms with E-state index in [1.54, 1.807) is 6.20 Å². The molecule has 0 unspecified atom stereocenters. The molecule has 0 aliphatic heterocycles. The monoisotopic (exact) mass is 237 g/mol. The van der Waals surface area contributed by atoms with Gasteiger partial charge in [-0.1, -0.05) is 0 Å². The third kappa shape index (κ3) is 1.15. The van der Waals surface area contributed by atoms with Gasteiger partial charge in [-0.2, -0.15) is 5.10 Å². The predicted octanol–water partition coefficient (Wildman–Crippen LogP) is 2.35. The van der Waals surface area contributed by atoms with Gasteiger partial charge in [-0.25, -0.2) is 9.36 Å². The van der Waals surface area contributed by atoms with Gasteiger partial charge < -0.3 is 5.11 Å². The molecule has 1 N–H and O–H groups in total. The molecule has 64 valence electrons. The van der Waals surface area contributed by atoms with Crippen molar-refractivity contribution >= 4 is 27.1 Å². The number of hydrogen-bond donors (Lipinski definition) is 1. The largest absolute Gasteiger partial charge is 0.507 e. The van der Waals surface area contributed by atoms with E-state index in [1.807, 2.05) is 0 Å². The molecule has 2 aromatic heterocycles. The van der Waals surface area contributed by atoms with Crippen molar-refractivity contribution in [3.05, 3.63) is 34.3 Å². The van der Waals surface area contributed by atoms with Gasteiger partial charge in [0, 0.05) is 10.7 Å². The van der Waals surface area contributed by atoms with Gasteiger partial charge in [0.15, 0.2) is 0 Å². The highest BCUT2D eigenvalue weighted by Crippen LogP contribution is 2.30. The lowest BCUT2D eigenvalue weighted by Crippen LogP contribution is -1.85. The van der Waals surface area contributed by atoms with E-state index < -0.39 is 0 Å². The maximum atomic E-state index is 9.52. The van der Waals surface area contributed by atoms with E-state index >= 15 is 0 Å². The average molecular weight is 238 g/mol. The van der Waals surface area contributed by atoms with Gasteiger partial charge in [-0.3, -0.25) is 0 Å². The molecule has 13 heavy (non-hydrogen) atoms. The summed E-state index contributed by atoms with van der Waals surface area (Å²) in [4.78, 5) is 3.24. The lowest BCUT2D eigenvalue weighted by molar-refractivity contribution is 0.478. The van der Waals surface area contributed by atoms with Crippen LogP contribution in [0.1, 0.15) is 0 Å². The summed E-state index contributed by atoms with van der Waals surface area (Å²) >= 11 is 3.22. The minimum Gasteiger partial charge on any atom is -0.507 e. The van der Waals surface area contributed by atoms with E-state index in [9.17, 15) is 5.11 Å². The normalized spacial score (nSPS) is 10.2. The number of aromatic hydroxyl groups is 1. The van der Waals surface area contributed by atoms with Crippen LogP contribution in [0.5, 0.6) is 5.75 Å². The molecule has 0 radical (unpaired) electrons. The van der Waals surface area contributed by atoms with Crippen LogP contribution >= 0.6 is 15.9 Å². The van der Waals surface area contributed by atoms with Crippen molar-refractivity contribution in [1.29, 1.82) is 0 Å². The molecule has 0 amide bonds. The molecule has 0 fully saturated rings. The molecular formula is C8H4BrN3O. The molecule has 5 heteroatoms. The Morgan fingerprint density at radius 3 is 3.08 bits per heavy atom. The fourth-order valence-electron chi connectivity index (χ4n) is 1.13. The van der Waals surface area contributed by atoms with Gasteiger partial charge in [0.2, 0.25) is 5.69 Å². The first kappa shape index (κ1) is 8.08. The Balaban J connectivity index is 2.92. The van der Waals surface area contributed by atoms with Crippen LogP contribution in [0.2, 0.25) is 0 Å². The number of nitrogens with zero attached hydrogens (tertiary/aromatic N) is 3. The number of rotatable bonds is 0. The van der Waals surface area contributed by atoms with Gasteiger partial charge in [-0.15, -0.1) is 0 Å². The van der Waals surface area contributed by atoms with Crippen LogP contribution < -0.4 is 0 Å². The summed E-state index contributed by atoms with van der Waals surface area (Å²) in [6.45, 7) is 6.84. The van der Waals surface area contributed by atoms with Gasteiger partial charge in [0.1, 0.15) is 11.3 Å². The summed E-state index contributed by atoms with van der Waals surface area (Å²) in [6.07, 6.45) is 3.11. The van der Waals surface area contributed by atoms with Gasteiger partial charge in [0.05, 0.1) is 12.8 Å². The highest BCUT2D eigenvalue weighted by molar-refractivity contribution is 9.10. The first-order valence-corrected chi connectivity index (χ1v) is 4.25. The highest BCUT2D eigenvalue weighted by Gasteiger charge is 2.08. The third-order valence-electron chi connectivity index (χ3n) is 1.66. The van der Waals surface area contributed by atoms with E-state index in [4.69, 9.17) is 6.57 Å². The molecule has 0 bridgehead atoms. The summed E-state index contributed by atoms with van der Waals surface area (Å²) in [7, 11) is 0. The lowest BCUT2D eigenvalue weighted by Gasteiger charge is -1.98. The maximum absolute atomic E-state index is 9.52. The predicted molar refractivity (Wildman–Crippen MR) is 50.8 cm³/mol. The standard InChI is InChI=1S/C8H4BrN3O/c1-10-6-3-11-12-4-5(9)2-7(13)8(6)12/h2-4,13H. The van der Waals surface area contributed by atoms with Crippen LogP contribution in [-0.2, 0) is 0 Å². The van der Waals surface area contributed by atoms with Crippen molar-refractivity contribution in [2.24, 2.45) is 0 Å². The van der Waals surface area contributed by atoms with E-state index in [1.165, 1.54) is 16.8 Å². The fourth-order valence-corrected chi connectivity index (χ4v) is 1.55. The van der Waals surface area contributed by atoms with Gasteiger partial charge in [0.25, 0.3) is 0 Å². The van der Waals surface area contributed by atoms with Crippen molar-refractivity contribution < 1.29 is 5.11 Å². The van der Waals surface area contributed by atoms with Gasteiger partial charge >= 0.3 is 0 Å². The molecule has 0 spiro atoms. The van der Waals surface area contributed by atoms with E-state index in [0.717, 1.165) is 4.47 Å². The number of pyridine rings is 1. The molecule has 2 aromatic rings. The van der Waals surface area contributed by atoms with Gasteiger partial charge in [-0.05, 0) is 22.0 Å². The summed E-state index contributed by atoms with van der Waals surface area (Å²) in [6, 6.07) is 1.53. The van der Waals surface area contributed by atoms with Crippen molar-refractivity contribution in [2.75, 3.05) is 0 Å². The molecule has 0 saturated carbocycles. The van der Waals surface area contributed by atoms with Crippen molar-refractivity contribution in [3.63, 3.8) is 0 Å². The zero-order valence-electron chi connectivity index (χ0n) is 6.40. The quantitative estimate of drug-likeness (QED) is 0.715. The minimum atomic E-state index is 0.0536. The lowest BCUT2D eigenvalue weighted by atomic mass is 10.3. The van der Waals surface area contributed by atoms with Crippen LogP contribution in [0.4, 0.5) is 5.69 Å². The van der Waals surface area contributed by atoms with E-state index in [-0.39, 0.29) is 5.75 Å². The molecule has 2 rings (SSSR count). The summed E-state index contributed by atoms with van der Waals surface area (Å²) in [5, 5.41) is 13.4. The molecule has 4 nitrogen and oxygen atoms in total. The minimum absolute atomic E-state index is 0.0536. The Morgan fingerprint density at radius 2 is 2.38 bits per heavy atom. The number of aromatic nitrogens is 2. The second-order valence-corrected chi connectivity index (χ2v) is 3.39. The van der Waals surface area contributed by atoms with Crippen molar-refractivity contribution in [1.82, 2.24) is 9.61 Å². The highest BCUT2D eigenvalue weighted by atomic mass is 79.9. The summed E-state index contributed by atoms with van der Waals surface area (Å²) in [5.41, 5.74) is 0.795. The summed E-state index contributed by atoms with van der Waals surface area (Å²) < 4.78 is 2.18. The van der Waals surface area contributed by atoms with Crippen LogP contribution in [-0.4, -0.2) is 14.7 Å². The Bertz CT molecular complexity index is 512. The molecule has 2 heterocycles. The van der Waals surface area contributed by atoms with Crippen molar-refractivity contribution in [2.45, 2.75) is 0 Å². The topological polar surface area (TPSA) is 41.9 Å². The average Bonchev–Trinajstić information content (AvgIpc) is 2.47. The molecule has 0 aliphatic carbocycles. The first-order valence-electron chi connectivity index (χ1n) is 3.45. The Hall–Kier alpha value is -1.54.